The van der Waals surface area contributed by atoms with Crippen molar-refractivity contribution in [3.8, 4) is 6.07 Å². The molecule has 6 nitrogen and oxygen atoms in total. The number of rotatable bonds is 7. The molecule has 0 bridgehead atoms. The number of carbonyl (C=O) groups is 1. The van der Waals surface area contributed by atoms with E-state index in [4.69, 9.17) is 4.74 Å². The van der Waals surface area contributed by atoms with E-state index in [1.807, 2.05) is 6.07 Å². The van der Waals surface area contributed by atoms with Crippen LogP contribution in [0.4, 0.5) is 10.1 Å². The zero-order valence-corrected chi connectivity index (χ0v) is 14.1. The Kier molecular flexibility index (Phi) is 6.89. The molecule has 0 radical (unpaired) electrons. The highest BCUT2D eigenvalue weighted by Gasteiger charge is 2.10. The lowest BCUT2D eigenvalue weighted by Crippen LogP contribution is -2.20. The number of nitriles is 1. The van der Waals surface area contributed by atoms with Crippen molar-refractivity contribution < 1.29 is 13.9 Å². The van der Waals surface area contributed by atoms with Crippen molar-refractivity contribution in [2.75, 3.05) is 11.9 Å². The molecule has 0 amide bonds. The highest BCUT2D eigenvalue weighted by molar-refractivity contribution is 5.89. The highest BCUT2D eigenvalue weighted by atomic mass is 19.1. The van der Waals surface area contributed by atoms with Gasteiger partial charge in [-0.15, -0.1) is 0 Å². The predicted octanol–water partition coefficient (Wildman–Crippen LogP) is 3.19. The molecular formula is C19H17FN4O2. The molecule has 2 rings (SSSR count). The summed E-state index contributed by atoms with van der Waals surface area (Å²) in [7, 11) is 0. The maximum atomic E-state index is 12.9. The number of halogens is 1. The number of hydrogen-bond donors (Lipinski definition) is 2. The minimum atomic E-state index is -0.600. The summed E-state index contributed by atoms with van der Waals surface area (Å²) in [5, 5.41) is 14.9. The third kappa shape index (κ3) is 5.46. The van der Waals surface area contributed by atoms with Gasteiger partial charge in [0.15, 0.2) is 0 Å². The number of hydrogen-bond acceptors (Lipinski definition) is 6. The molecule has 0 aliphatic carbocycles. The molecule has 1 heterocycles. The second-order valence-electron chi connectivity index (χ2n) is 4.96. The van der Waals surface area contributed by atoms with E-state index in [9.17, 15) is 14.4 Å². The molecule has 0 spiro atoms. The minimum absolute atomic E-state index is 0.0832. The number of carbonyl (C=O) groups excluding carboxylic acids is 1. The molecule has 1 aromatic heterocycles. The Bertz CT molecular complexity index is 840. The van der Waals surface area contributed by atoms with Crippen molar-refractivity contribution >= 4 is 17.2 Å². The summed E-state index contributed by atoms with van der Waals surface area (Å²) in [5.41, 5.74) is 1.39. The first kappa shape index (κ1) is 18.7. The van der Waals surface area contributed by atoms with Gasteiger partial charge in [-0.1, -0.05) is 6.07 Å². The van der Waals surface area contributed by atoms with Crippen molar-refractivity contribution in [1.82, 2.24) is 10.3 Å². The summed E-state index contributed by atoms with van der Waals surface area (Å²) in [4.78, 5) is 16.2. The van der Waals surface area contributed by atoms with Crippen molar-refractivity contribution in [2.24, 2.45) is 0 Å². The maximum absolute atomic E-state index is 12.9. The quantitative estimate of drug-likeness (QED) is 0.452. The maximum Gasteiger partial charge on any atom is 0.356 e. The van der Waals surface area contributed by atoms with Gasteiger partial charge in [0.05, 0.1) is 17.9 Å². The lowest BCUT2D eigenvalue weighted by atomic mass is 10.2. The van der Waals surface area contributed by atoms with Gasteiger partial charge in [0.25, 0.3) is 0 Å². The molecule has 0 fully saturated rings. The number of benzene rings is 1. The Morgan fingerprint density at radius 3 is 2.65 bits per heavy atom. The number of esters is 1. The molecule has 7 heteroatoms. The largest absolute Gasteiger partial charge is 0.461 e. The molecule has 2 aromatic rings. The van der Waals surface area contributed by atoms with Gasteiger partial charge in [-0.25, -0.2) is 9.18 Å². The van der Waals surface area contributed by atoms with E-state index in [0.29, 0.717) is 11.4 Å². The molecule has 0 aliphatic heterocycles. The lowest BCUT2D eigenvalue weighted by Gasteiger charge is -2.09. The number of aromatic nitrogens is 1. The Morgan fingerprint density at radius 2 is 2.04 bits per heavy atom. The van der Waals surface area contributed by atoms with Crippen LogP contribution in [0, 0.1) is 17.1 Å². The Morgan fingerprint density at radius 1 is 1.27 bits per heavy atom. The lowest BCUT2D eigenvalue weighted by molar-refractivity contribution is -0.138. The molecule has 26 heavy (non-hydrogen) atoms. The normalized spacial score (nSPS) is 11.4. The first-order valence-corrected chi connectivity index (χ1v) is 7.81. The van der Waals surface area contributed by atoms with E-state index in [0.717, 1.165) is 0 Å². The fraction of sp³-hybridized carbons (Fsp3) is 0.105. The smallest absolute Gasteiger partial charge is 0.356 e. The van der Waals surface area contributed by atoms with Crippen LogP contribution in [0.25, 0.3) is 5.57 Å². The monoisotopic (exact) mass is 352 g/mol. The summed E-state index contributed by atoms with van der Waals surface area (Å²) >= 11 is 0. The number of allylic oxidation sites excluding steroid dienone is 1. The van der Waals surface area contributed by atoms with Crippen LogP contribution in [0.15, 0.2) is 66.8 Å². The topological polar surface area (TPSA) is 87.0 Å². The van der Waals surface area contributed by atoms with Gasteiger partial charge in [-0.2, -0.15) is 5.26 Å². The fourth-order valence-electron chi connectivity index (χ4n) is 1.91. The SMILES string of the molecule is CCOC(=O)/C(=C\Nc1ccc(F)cc1)N/C=C(/C#N)c1ccccn1. The average molecular weight is 352 g/mol. The van der Waals surface area contributed by atoms with E-state index < -0.39 is 5.97 Å². The number of anilines is 1. The molecule has 1 aromatic carbocycles. The summed E-state index contributed by atoms with van der Waals surface area (Å²) in [6.45, 7) is 1.89. The van der Waals surface area contributed by atoms with E-state index in [-0.39, 0.29) is 23.7 Å². The molecule has 2 N–H and O–H groups in total. The number of pyridine rings is 1. The molecule has 0 atom stereocenters. The van der Waals surface area contributed by atoms with Crippen LogP contribution in [-0.4, -0.2) is 17.6 Å². The zero-order valence-electron chi connectivity index (χ0n) is 14.1. The number of ether oxygens (including phenoxy) is 1. The Hall–Kier alpha value is -3.66. The van der Waals surface area contributed by atoms with Gasteiger partial charge in [0, 0.05) is 24.3 Å². The summed E-state index contributed by atoms with van der Waals surface area (Å²) in [6, 6.07) is 12.8. The summed E-state index contributed by atoms with van der Waals surface area (Å²) in [6.07, 6.45) is 4.32. The van der Waals surface area contributed by atoms with E-state index >= 15 is 0 Å². The Labute approximate surface area is 150 Å². The molecule has 0 aliphatic rings. The minimum Gasteiger partial charge on any atom is -0.461 e. The van der Waals surface area contributed by atoms with Crippen LogP contribution in [0.2, 0.25) is 0 Å². The molecule has 132 valence electrons. The third-order valence-electron chi connectivity index (χ3n) is 3.16. The second-order valence-corrected chi connectivity index (χ2v) is 4.96. The van der Waals surface area contributed by atoms with Crippen molar-refractivity contribution in [3.05, 3.63) is 78.3 Å². The molecule has 0 saturated heterocycles. The number of nitrogens with zero attached hydrogens (tertiary/aromatic N) is 2. The zero-order chi connectivity index (χ0) is 18.8. The van der Waals surface area contributed by atoms with Gasteiger partial charge in [-0.05, 0) is 43.3 Å². The van der Waals surface area contributed by atoms with Crippen LogP contribution in [0.1, 0.15) is 12.6 Å². The van der Waals surface area contributed by atoms with E-state index in [1.165, 1.54) is 36.7 Å². The molecular weight excluding hydrogens is 335 g/mol. The van der Waals surface area contributed by atoms with Crippen molar-refractivity contribution in [2.45, 2.75) is 6.92 Å². The third-order valence-corrected chi connectivity index (χ3v) is 3.16. The standard InChI is InChI=1S/C19H17FN4O2/c1-2-26-19(25)18(13-23-16-8-6-15(20)7-9-16)24-12-14(11-21)17-5-3-4-10-22-17/h3-10,12-13,23-24H,2H2,1H3/b14-12-,18-13+. The molecule has 0 saturated carbocycles. The van der Waals surface area contributed by atoms with Crippen LogP contribution >= 0.6 is 0 Å². The van der Waals surface area contributed by atoms with Crippen LogP contribution < -0.4 is 10.6 Å². The predicted molar refractivity (Wildman–Crippen MR) is 95.7 cm³/mol. The number of nitrogens with one attached hydrogen (secondary N) is 2. The first-order chi connectivity index (χ1) is 12.6. The van der Waals surface area contributed by atoms with Crippen LogP contribution in [0.5, 0.6) is 0 Å². The van der Waals surface area contributed by atoms with Crippen molar-refractivity contribution in [3.63, 3.8) is 0 Å². The van der Waals surface area contributed by atoms with Gasteiger partial charge in [-0.3, -0.25) is 4.98 Å². The van der Waals surface area contributed by atoms with Crippen LogP contribution in [-0.2, 0) is 9.53 Å². The van der Waals surface area contributed by atoms with Gasteiger partial charge in [0.1, 0.15) is 17.6 Å². The fourth-order valence-corrected chi connectivity index (χ4v) is 1.91. The Balaban J connectivity index is 2.20. The summed E-state index contributed by atoms with van der Waals surface area (Å²) < 4.78 is 17.9. The first-order valence-electron chi connectivity index (χ1n) is 7.81. The summed E-state index contributed by atoms with van der Waals surface area (Å²) in [5.74, 6) is -0.961. The highest BCUT2D eigenvalue weighted by Crippen LogP contribution is 2.11. The van der Waals surface area contributed by atoms with Gasteiger partial charge in [0.2, 0.25) is 0 Å². The second kappa shape index (κ2) is 9.59. The van der Waals surface area contributed by atoms with Gasteiger partial charge < -0.3 is 15.4 Å². The van der Waals surface area contributed by atoms with Crippen molar-refractivity contribution in [1.29, 1.82) is 5.26 Å². The van der Waals surface area contributed by atoms with Crippen LogP contribution in [0.3, 0.4) is 0 Å². The van der Waals surface area contributed by atoms with E-state index in [1.54, 1.807) is 31.3 Å². The van der Waals surface area contributed by atoms with Gasteiger partial charge >= 0.3 is 5.97 Å². The molecule has 0 unspecified atom stereocenters. The van der Waals surface area contributed by atoms with E-state index in [2.05, 4.69) is 15.6 Å². The average Bonchev–Trinajstić information content (AvgIpc) is 2.67.